The van der Waals surface area contributed by atoms with E-state index in [1.165, 1.54) is 0 Å². The average Bonchev–Trinajstić information content (AvgIpc) is 3.38. The molecule has 2 bridgehead atoms. The third-order valence-corrected chi connectivity index (χ3v) is 10.2. The van der Waals surface area contributed by atoms with Crippen molar-refractivity contribution in [1.29, 1.82) is 0 Å². The Morgan fingerprint density at radius 1 is 1.07 bits per heavy atom. The van der Waals surface area contributed by atoms with Crippen LogP contribution in [0.1, 0.15) is 79.6 Å². The molecule has 220 valence electrons. The number of hydrogen-bond donors (Lipinski definition) is 1. The Morgan fingerprint density at radius 3 is 2.65 bits per heavy atom. The highest BCUT2D eigenvalue weighted by Crippen LogP contribution is 2.49. The fourth-order valence-corrected chi connectivity index (χ4v) is 7.80. The van der Waals surface area contributed by atoms with Gasteiger partial charge in [-0.2, -0.15) is 0 Å². The molecule has 1 spiro atoms. The zero-order chi connectivity index (χ0) is 28.4. The van der Waals surface area contributed by atoms with E-state index in [-0.39, 0.29) is 42.2 Å². The molecule has 0 radical (unpaired) electrons. The van der Waals surface area contributed by atoms with E-state index in [0.717, 1.165) is 25.7 Å². The van der Waals surface area contributed by atoms with Gasteiger partial charge in [-0.05, 0) is 56.1 Å². The summed E-state index contributed by atoms with van der Waals surface area (Å²) in [5.41, 5.74) is -1.12. The van der Waals surface area contributed by atoms with Crippen LogP contribution in [0.4, 0.5) is 0 Å². The number of rotatable bonds is 1. The summed E-state index contributed by atoms with van der Waals surface area (Å²) in [6, 6.07) is 0. The number of esters is 1. The summed E-state index contributed by atoms with van der Waals surface area (Å²) in [4.78, 5) is 26.9. The van der Waals surface area contributed by atoms with Crippen LogP contribution in [0.15, 0.2) is 35.5 Å². The zero-order valence-corrected chi connectivity index (χ0v) is 24.4. The van der Waals surface area contributed by atoms with Gasteiger partial charge >= 0.3 is 5.97 Å². The van der Waals surface area contributed by atoms with E-state index in [4.69, 9.17) is 23.7 Å². The Balaban J connectivity index is 1.36. The Kier molecular flexibility index (Phi) is 7.18. The lowest BCUT2D eigenvalue weighted by atomic mass is 9.71. The first-order valence-corrected chi connectivity index (χ1v) is 15.1. The molecule has 8 nitrogen and oxygen atoms in total. The molecular formula is C32H44O8. The molecule has 0 aromatic carbocycles. The van der Waals surface area contributed by atoms with E-state index in [1.54, 1.807) is 19.1 Å². The van der Waals surface area contributed by atoms with Crippen LogP contribution in [-0.4, -0.2) is 71.0 Å². The first-order valence-electron chi connectivity index (χ1n) is 15.1. The molecule has 8 heteroatoms. The van der Waals surface area contributed by atoms with Gasteiger partial charge < -0.3 is 28.8 Å². The summed E-state index contributed by atoms with van der Waals surface area (Å²) in [6.45, 7) is 10.4. The van der Waals surface area contributed by atoms with Gasteiger partial charge in [0.25, 0.3) is 0 Å². The minimum Gasteiger partial charge on any atom is -0.462 e. The number of hydrogen-bond acceptors (Lipinski definition) is 8. The molecule has 0 aromatic heterocycles. The van der Waals surface area contributed by atoms with Crippen LogP contribution in [0.25, 0.3) is 0 Å². The van der Waals surface area contributed by atoms with Gasteiger partial charge in [-0.15, -0.1) is 0 Å². The highest BCUT2D eigenvalue weighted by Gasteiger charge is 2.61. The van der Waals surface area contributed by atoms with Crippen molar-refractivity contribution < 1.29 is 38.4 Å². The molecular weight excluding hydrogens is 512 g/mol. The predicted octanol–water partition coefficient (Wildman–Crippen LogP) is 4.34. The van der Waals surface area contributed by atoms with Crippen molar-refractivity contribution in [3.05, 3.63) is 35.5 Å². The number of carbonyl (C=O) groups is 2. The summed E-state index contributed by atoms with van der Waals surface area (Å²) in [7, 11) is 0. The number of carbonyl (C=O) groups excluding carboxylic acids is 2. The maximum absolute atomic E-state index is 13.9. The van der Waals surface area contributed by atoms with Crippen LogP contribution in [0.5, 0.6) is 0 Å². The molecule has 2 unspecified atom stereocenters. The first-order chi connectivity index (χ1) is 19.0. The fourth-order valence-electron chi connectivity index (χ4n) is 7.80. The van der Waals surface area contributed by atoms with Gasteiger partial charge in [-0.3, -0.25) is 9.59 Å². The third-order valence-electron chi connectivity index (χ3n) is 10.2. The number of fused-ring (bicyclic) bond motifs is 3. The van der Waals surface area contributed by atoms with Crippen LogP contribution in [0.3, 0.4) is 0 Å². The van der Waals surface area contributed by atoms with Crippen molar-refractivity contribution >= 4 is 11.8 Å². The van der Waals surface area contributed by atoms with Gasteiger partial charge in [0.05, 0.1) is 30.5 Å². The zero-order valence-electron chi connectivity index (χ0n) is 24.4. The molecule has 4 fully saturated rings. The van der Waals surface area contributed by atoms with Crippen LogP contribution in [0.2, 0.25) is 0 Å². The first kappa shape index (κ1) is 28.3. The molecule has 6 aliphatic rings. The lowest BCUT2D eigenvalue weighted by Gasteiger charge is -2.49. The molecule has 5 heterocycles. The number of ether oxygens (including phenoxy) is 5. The summed E-state index contributed by atoms with van der Waals surface area (Å²) >= 11 is 0. The maximum Gasteiger partial charge on any atom is 0.316 e. The Labute approximate surface area is 237 Å². The lowest BCUT2D eigenvalue weighted by Crippen LogP contribution is -2.57. The second kappa shape index (κ2) is 10.2. The van der Waals surface area contributed by atoms with Gasteiger partial charge in [0.1, 0.15) is 17.6 Å². The molecule has 0 amide bonds. The number of epoxide rings is 1. The number of aliphatic hydroxyl groups is 1. The summed E-state index contributed by atoms with van der Waals surface area (Å²) in [5.74, 6) is -2.06. The molecule has 0 saturated carbocycles. The summed E-state index contributed by atoms with van der Waals surface area (Å²) in [5, 5.41) is 12.0. The normalized spacial score (nSPS) is 51.1. The van der Waals surface area contributed by atoms with E-state index >= 15 is 0 Å². The van der Waals surface area contributed by atoms with E-state index < -0.39 is 35.5 Å². The molecule has 11 atom stereocenters. The number of ketones is 1. The summed E-state index contributed by atoms with van der Waals surface area (Å²) < 4.78 is 31.6. The summed E-state index contributed by atoms with van der Waals surface area (Å²) in [6.07, 6.45) is 10.8. The molecule has 0 aromatic rings. The van der Waals surface area contributed by atoms with Crippen molar-refractivity contribution in [2.24, 2.45) is 17.8 Å². The minimum atomic E-state index is -1.79. The van der Waals surface area contributed by atoms with Crippen molar-refractivity contribution in [3.63, 3.8) is 0 Å². The third kappa shape index (κ3) is 4.83. The molecule has 5 aliphatic heterocycles. The topological polar surface area (TPSA) is 104 Å². The van der Waals surface area contributed by atoms with Crippen LogP contribution < -0.4 is 0 Å². The van der Waals surface area contributed by atoms with Gasteiger partial charge in [0, 0.05) is 25.7 Å². The van der Waals surface area contributed by atoms with Crippen molar-refractivity contribution in [1.82, 2.24) is 0 Å². The van der Waals surface area contributed by atoms with Crippen molar-refractivity contribution in [2.75, 3.05) is 6.61 Å². The second-order valence-electron chi connectivity index (χ2n) is 13.4. The average molecular weight is 557 g/mol. The monoisotopic (exact) mass is 556 g/mol. The Hall–Kier alpha value is -1.84. The highest BCUT2D eigenvalue weighted by atomic mass is 16.7. The Bertz CT molecular complexity index is 1140. The van der Waals surface area contributed by atoms with E-state index in [9.17, 15) is 14.7 Å². The molecule has 4 saturated heterocycles. The minimum absolute atomic E-state index is 0.0691. The van der Waals surface area contributed by atoms with Gasteiger partial charge in [-0.25, -0.2) is 0 Å². The quantitative estimate of drug-likeness (QED) is 0.376. The molecule has 40 heavy (non-hydrogen) atoms. The van der Waals surface area contributed by atoms with E-state index in [1.807, 2.05) is 6.08 Å². The SMILES string of the molecule is CC[C@H]1O[C@]2(CC[C@@H]1C)C[C@@H]1C[C@@H](CC3OC3(C)C[C@@H](C)/C=C/C=C3\CO[C@@H]4C(=O)C(C)=C[C@@H](C(=O)O1)[C@]34O)O2. The standard InChI is InChI=1S/C32H44O8/c1-6-25-19(3)10-11-31(39-25)16-23-13-22(38-31)14-26-30(5,40-26)15-18(2)8-7-9-21-17-36-28-27(33)20(4)12-24(29(34)37-23)32(21,28)35/h7-9,12,18-19,22-26,28,35H,6,10-11,13-17H2,1-5H3/b8-7+,21-9+/t18-,19-,22-,23-,24-,25+,26?,28+,30?,31+,32+/m0/s1. The second-order valence-corrected chi connectivity index (χ2v) is 13.4. The van der Waals surface area contributed by atoms with Gasteiger partial charge in [-0.1, -0.05) is 45.1 Å². The van der Waals surface area contributed by atoms with Crippen LogP contribution in [-0.2, 0) is 33.3 Å². The Morgan fingerprint density at radius 2 is 1.88 bits per heavy atom. The smallest absolute Gasteiger partial charge is 0.316 e. The van der Waals surface area contributed by atoms with Crippen molar-refractivity contribution in [3.8, 4) is 0 Å². The van der Waals surface area contributed by atoms with Gasteiger partial charge in [0.2, 0.25) is 0 Å². The largest absolute Gasteiger partial charge is 0.462 e. The van der Waals surface area contributed by atoms with Crippen LogP contribution >= 0.6 is 0 Å². The molecule has 1 N–H and O–H groups in total. The number of allylic oxidation sites excluding steroid dienone is 3. The van der Waals surface area contributed by atoms with Crippen LogP contribution in [0, 0.1) is 17.8 Å². The predicted molar refractivity (Wildman–Crippen MR) is 146 cm³/mol. The maximum atomic E-state index is 13.9. The highest BCUT2D eigenvalue weighted by molar-refractivity contribution is 6.03. The number of Topliss-reactive ketones (excluding diaryl/α,β-unsaturated/α-hetero) is 1. The lowest BCUT2D eigenvalue weighted by molar-refractivity contribution is -0.336. The van der Waals surface area contributed by atoms with E-state index in [0.29, 0.717) is 36.3 Å². The molecule has 6 rings (SSSR count). The van der Waals surface area contributed by atoms with E-state index in [2.05, 4.69) is 33.8 Å². The van der Waals surface area contributed by atoms with Crippen molar-refractivity contribution in [2.45, 2.75) is 127 Å². The fraction of sp³-hybridized carbons (Fsp3) is 0.750. The molecule has 1 aliphatic carbocycles. The van der Waals surface area contributed by atoms with Gasteiger partial charge in [0.15, 0.2) is 17.7 Å².